The van der Waals surface area contributed by atoms with Gasteiger partial charge in [-0.2, -0.15) is 0 Å². The van der Waals surface area contributed by atoms with Gasteiger partial charge in [-0.1, -0.05) is 12.1 Å². The molecule has 0 aliphatic rings. The van der Waals surface area contributed by atoms with E-state index < -0.39 is 12.0 Å². The fourth-order valence-electron chi connectivity index (χ4n) is 1.15. The quantitative estimate of drug-likeness (QED) is 0.632. The summed E-state index contributed by atoms with van der Waals surface area (Å²) < 4.78 is 0. The van der Waals surface area contributed by atoms with Crippen molar-refractivity contribution < 1.29 is 14.7 Å². The average Bonchev–Trinajstić information content (AvgIpc) is 2.28. The molecule has 86 valence electrons. The van der Waals surface area contributed by atoms with Crippen LogP contribution >= 0.6 is 0 Å². The number of amides is 1. The molecule has 1 aromatic carbocycles. The van der Waals surface area contributed by atoms with Gasteiger partial charge < -0.3 is 16.2 Å². The van der Waals surface area contributed by atoms with E-state index in [1.165, 1.54) is 6.92 Å². The van der Waals surface area contributed by atoms with Gasteiger partial charge in [-0.25, -0.2) is 0 Å². The Kier molecular flexibility index (Phi) is 4.16. The zero-order valence-corrected chi connectivity index (χ0v) is 8.93. The van der Waals surface area contributed by atoms with Crippen LogP contribution in [0.3, 0.4) is 0 Å². The Labute approximate surface area is 93.3 Å². The van der Waals surface area contributed by atoms with Crippen LogP contribution in [0, 0.1) is 0 Å². The minimum atomic E-state index is -1.24. The number of nitrogens with two attached hydrogens (primary N) is 1. The van der Waals surface area contributed by atoms with Crippen LogP contribution < -0.4 is 11.1 Å². The largest absolute Gasteiger partial charge is 0.382 e. The zero-order chi connectivity index (χ0) is 12.1. The molecule has 0 radical (unpaired) electrons. The van der Waals surface area contributed by atoms with Crippen LogP contribution in [0.1, 0.15) is 17.3 Å². The molecule has 0 fully saturated rings. The number of carbonyl (C=O) groups is 2. The molecule has 1 amide bonds. The number of benzene rings is 1. The molecule has 0 heterocycles. The van der Waals surface area contributed by atoms with E-state index >= 15 is 0 Å². The number of Topliss-reactive ketones (excluding diaryl/α,β-unsaturated/α-hetero) is 1. The second-order valence-corrected chi connectivity index (χ2v) is 3.38. The van der Waals surface area contributed by atoms with Crippen molar-refractivity contribution in [3.05, 3.63) is 29.8 Å². The zero-order valence-electron chi connectivity index (χ0n) is 8.93. The van der Waals surface area contributed by atoms with Gasteiger partial charge in [-0.15, -0.1) is 0 Å². The van der Waals surface area contributed by atoms with Gasteiger partial charge in [0.2, 0.25) is 0 Å². The summed E-state index contributed by atoms with van der Waals surface area (Å²) in [6.45, 7) is 1.30. The van der Waals surface area contributed by atoms with Crippen molar-refractivity contribution >= 4 is 17.4 Å². The molecule has 0 saturated heterocycles. The second-order valence-electron chi connectivity index (χ2n) is 3.38. The van der Waals surface area contributed by atoms with Crippen LogP contribution in [0.5, 0.6) is 0 Å². The minimum absolute atomic E-state index is 0.0875. The number of ketones is 1. The first kappa shape index (κ1) is 12.4. The number of carbonyl (C=O) groups excluding carboxylic acids is 2. The molecule has 16 heavy (non-hydrogen) atoms. The monoisotopic (exact) mass is 222 g/mol. The van der Waals surface area contributed by atoms with Crippen molar-refractivity contribution in [1.29, 1.82) is 0 Å². The van der Waals surface area contributed by atoms with Gasteiger partial charge in [0.15, 0.2) is 5.78 Å². The van der Waals surface area contributed by atoms with Gasteiger partial charge in [0.1, 0.15) is 6.10 Å². The molecule has 5 nitrogen and oxygen atoms in total. The standard InChI is InChI=1S/C11H14N2O3/c1-7(14)8-3-2-4-9(5-8)13-11(16)10(15)6-12/h2-5,10,15H,6,12H2,1H3,(H,13,16). The van der Waals surface area contributed by atoms with Crippen LogP contribution in [-0.4, -0.2) is 29.4 Å². The van der Waals surface area contributed by atoms with Crippen LogP contribution in [0.4, 0.5) is 5.69 Å². The number of anilines is 1. The molecular weight excluding hydrogens is 208 g/mol. The van der Waals surface area contributed by atoms with E-state index in [0.717, 1.165) is 0 Å². The predicted octanol–water partition coefficient (Wildman–Crippen LogP) is 0.147. The lowest BCUT2D eigenvalue weighted by atomic mass is 10.1. The maximum absolute atomic E-state index is 11.3. The van der Waals surface area contributed by atoms with Gasteiger partial charge in [0.05, 0.1) is 0 Å². The highest BCUT2D eigenvalue weighted by atomic mass is 16.3. The molecule has 1 aromatic rings. The van der Waals surface area contributed by atoms with Crippen molar-refractivity contribution in [2.75, 3.05) is 11.9 Å². The van der Waals surface area contributed by atoms with E-state index in [1.807, 2.05) is 0 Å². The molecule has 0 aliphatic heterocycles. The van der Waals surface area contributed by atoms with E-state index in [1.54, 1.807) is 24.3 Å². The van der Waals surface area contributed by atoms with Crippen LogP contribution in [0.15, 0.2) is 24.3 Å². The van der Waals surface area contributed by atoms with E-state index in [-0.39, 0.29) is 12.3 Å². The summed E-state index contributed by atoms with van der Waals surface area (Å²) in [6.07, 6.45) is -1.24. The second kappa shape index (κ2) is 5.39. The molecular formula is C11H14N2O3. The van der Waals surface area contributed by atoms with Gasteiger partial charge in [0.25, 0.3) is 5.91 Å². The van der Waals surface area contributed by atoms with Crippen molar-refractivity contribution in [2.45, 2.75) is 13.0 Å². The molecule has 0 saturated carbocycles. The molecule has 0 aliphatic carbocycles. The number of rotatable bonds is 4. The van der Waals surface area contributed by atoms with Crippen molar-refractivity contribution in [3.8, 4) is 0 Å². The summed E-state index contributed by atoms with van der Waals surface area (Å²) in [6, 6.07) is 6.48. The highest BCUT2D eigenvalue weighted by Crippen LogP contribution is 2.11. The highest BCUT2D eigenvalue weighted by Gasteiger charge is 2.12. The lowest BCUT2D eigenvalue weighted by molar-refractivity contribution is -0.123. The summed E-state index contributed by atoms with van der Waals surface area (Å²) in [5, 5.41) is 11.6. The first-order valence-electron chi connectivity index (χ1n) is 4.84. The van der Waals surface area contributed by atoms with Crippen LogP contribution in [0.25, 0.3) is 0 Å². The number of hydrogen-bond donors (Lipinski definition) is 3. The van der Waals surface area contributed by atoms with Gasteiger partial charge in [-0.3, -0.25) is 9.59 Å². The van der Waals surface area contributed by atoms with Gasteiger partial charge in [0, 0.05) is 17.8 Å². The van der Waals surface area contributed by atoms with Gasteiger partial charge >= 0.3 is 0 Å². The van der Waals surface area contributed by atoms with Gasteiger partial charge in [-0.05, 0) is 19.1 Å². The molecule has 1 unspecified atom stereocenters. The van der Waals surface area contributed by atoms with Crippen molar-refractivity contribution in [2.24, 2.45) is 5.73 Å². The van der Waals surface area contributed by atoms with E-state index in [2.05, 4.69) is 5.32 Å². The van der Waals surface area contributed by atoms with E-state index in [4.69, 9.17) is 10.8 Å². The molecule has 0 aromatic heterocycles. The summed E-state index contributed by atoms with van der Waals surface area (Å²) >= 11 is 0. The number of aliphatic hydroxyl groups is 1. The fourth-order valence-corrected chi connectivity index (χ4v) is 1.15. The summed E-state index contributed by atoms with van der Waals surface area (Å²) in [5.74, 6) is -0.668. The molecule has 5 heteroatoms. The Bertz CT molecular complexity index is 404. The molecule has 1 atom stereocenters. The number of nitrogens with one attached hydrogen (secondary N) is 1. The lowest BCUT2D eigenvalue weighted by Gasteiger charge is -2.09. The Morgan fingerprint density at radius 2 is 2.19 bits per heavy atom. The lowest BCUT2D eigenvalue weighted by Crippen LogP contribution is -2.34. The maximum atomic E-state index is 11.3. The van der Waals surface area contributed by atoms with Crippen LogP contribution in [-0.2, 0) is 4.79 Å². The molecule has 4 N–H and O–H groups in total. The minimum Gasteiger partial charge on any atom is -0.382 e. The Morgan fingerprint density at radius 3 is 2.75 bits per heavy atom. The summed E-state index contributed by atoms with van der Waals surface area (Å²) in [7, 11) is 0. The Hall–Kier alpha value is -1.72. The van der Waals surface area contributed by atoms with Crippen LogP contribution in [0.2, 0.25) is 0 Å². The number of hydrogen-bond acceptors (Lipinski definition) is 4. The third-order valence-corrected chi connectivity index (χ3v) is 2.06. The highest BCUT2D eigenvalue weighted by molar-refractivity contribution is 5.98. The Balaban J connectivity index is 2.78. The van der Waals surface area contributed by atoms with Crippen molar-refractivity contribution in [3.63, 3.8) is 0 Å². The van der Waals surface area contributed by atoms with Crippen molar-refractivity contribution in [1.82, 2.24) is 0 Å². The fraction of sp³-hybridized carbons (Fsp3) is 0.273. The topological polar surface area (TPSA) is 92.4 Å². The third kappa shape index (κ3) is 3.15. The Morgan fingerprint density at radius 1 is 1.50 bits per heavy atom. The normalized spacial score (nSPS) is 11.9. The molecule has 1 rings (SSSR count). The average molecular weight is 222 g/mol. The predicted molar refractivity (Wildman–Crippen MR) is 60.1 cm³/mol. The summed E-state index contributed by atoms with van der Waals surface area (Å²) in [5.41, 5.74) is 6.10. The maximum Gasteiger partial charge on any atom is 0.254 e. The van der Waals surface area contributed by atoms with E-state index in [9.17, 15) is 9.59 Å². The summed E-state index contributed by atoms with van der Waals surface area (Å²) in [4.78, 5) is 22.4. The third-order valence-electron chi connectivity index (χ3n) is 2.06. The smallest absolute Gasteiger partial charge is 0.254 e. The first-order valence-corrected chi connectivity index (χ1v) is 4.84. The number of aliphatic hydroxyl groups excluding tert-OH is 1. The molecule has 0 bridgehead atoms. The first-order chi connectivity index (χ1) is 7.54. The molecule has 0 spiro atoms. The van der Waals surface area contributed by atoms with E-state index in [0.29, 0.717) is 11.3 Å². The SMILES string of the molecule is CC(=O)c1cccc(NC(=O)C(O)CN)c1.